The van der Waals surface area contributed by atoms with E-state index in [2.05, 4.69) is 51.3 Å². The standard InChI is InChI=1S/C14H21BrN2O/c1-10-5-6-17(14(10)9-18)13-4-3-12(15)7-11(13)8-16-2/h3-4,7,10,14,16,18H,5-6,8-9H2,1-2H3. The van der Waals surface area contributed by atoms with Gasteiger partial charge in [0, 0.05) is 23.2 Å². The molecular weight excluding hydrogens is 292 g/mol. The summed E-state index contributed by atoms with van der Waals surface area (Å²) in [5.41, 5.74) is 2.52. The molecule has 0 aliphatic carbocycles. The van der Waals surface area contributed by atoms with Gasteiger partial charge in [0.2, 0.25) is 0 Å². The Hall–Kier alpha value is -0.580. The van der Waals surface area contributed by atoms with E-state index < -0.39 is 0 Å². The van der Waals surface area contributed by atoms with E-state index in [0.29, 0.717) is 5.92 Å². The first-order chi connectivity index (χ1) is 8.67. The number of aliphatic hydroxyl groups excluding tert-OH is 1. The van der Waals surface area contributed by atoms with Crippen LogP contribution in [0.25, 0.3) is 0 Å². The molecule has 1 heterocycles. The maximum atomic E-state index is 9.58. The molecule has 1 aliphatic rings. The Morgan fingerprint density at radius 3 is 2.94 bits per heavy atom. The van der Waals surface area contributed by atoms with Gasteiger partial charge >= 0.3 is 0 Å². The summed E-state index contributed by atoms with van der Waals surface area (Å²) in [4.78, 5) is 2.35. The van der Waals surface area contributed by atoms with Crippen molar-refractivity contribution >= 4 is 21.6 Å². The SMILES string of the molecule is CNCc1cc(Br)ccc1N1CCC(C)C1CO. The molecule has 2 unspecified atom stereocenters. The lowest BCUT2D eigenvalue weighted by Gasteiger charge is -2.29. The first-order valence-electron chi connectivity index (χ1n) is 6.48. The van der Waals surface area contributed by atoms with E-state index in [9.17, 15) is 5.11 Å². The number of anilines is 1. The number of nitrogens with one attached hydrogen (secondary N) is 1. The van der Waals surface area contributed by atoms with E-state index in [1.807, 2.05) is 7.05 Å². The number of nitrogens with zero attached hydrogens (tertiary/aromatic N) is 1. The third-order valence-corrected chi connectivity index (χ3v) is 4.28. The van der Waals surface area contributed by atoms with Gasteiger partial charge in [-0.1, -0.05) is 22.9 Å². The van der Waals surface area contributed by atoms with Crippen LogP contribution in [0.5, 0.6) is 0 Å². The monoisotopic (exact) mass is 312 g/mol. The second kappa shape index (κ2) is 6.04. The van der Waals surface area contributed by atoms with Crippen molar-refractivity contribution < 1.29 is 5.11 Å². The minimum atomic E-state index is 0.232. The van der Waals surface area contributed by atoms with Gasteiger partial charge in [-0.15, -0.1) is 0 Å². The molecule has 3 nitrogen and oxygen atoms in total. The summed E-state index contributed by atoms with van der Waals surface area (Å²) < 4.78 is 1.10. The number of benzene rings is 1. The van der Waals surface area contributed by atoms with E-state index in [4.69, 9.17) is 0 Å². The molecule has 0 saturated carbocycles. The zero-order valence-electron chi connectivity index (χ0n) is 11.0. The lowest BCUT2D eigenvalue weighted by Crippen LogP contribution is -2.36. The first-order valence-corrected chi connectivity index (χ1v) is 7.27. The number of halogens is 1. The van der Waals surface area contributed by atoms with Crippen LogP contribution in [0.2, 0.25) is 0 Å². The summed E-state index contributed by atoms with van der Waals surface area (Å²) in [6, 6.07) is 6.63. The molecule has 0 amide bonds. The fourth-order valence-electron chi connectivity index (χ4n) is 2.75. The zero-order chi connectivity index (χ0) is 13.1. The molecule has 100 valence electrons. The van der Waals surface area contributed by atoms with Crippen LogP contribution in [0.4, 0.5) is 5.69 Å². The lowest BCUT2D eigenvalue weighted by atomic mass is 10.0. The van der Waals surface area contributed by atoms with Crippen LogP contribution in [0.15, 0.2) is 22.7 Å². The van der Waals surface area contributed by atoms with Crippen LogP contribution in [0.1, 0.15) is 18.9 Å². The molecule has 1 aromatic rings. The molecule has 0 radical (unpaired) electrons. The predicted molar refractivity (Wildman–Crippen MR) is 78.9 cm³/mol. The highest BCUT2D eigenvalue weighted by Gasteiger charge is 2.31. The van der Waals surface area contributed by atoms with Crippen LogP contribution in [-0.4, -0.2) is 31.3 Å². The topological polar surface area (TPSA) is 35.5 Å². The Kier molecular flexibility index (Phi) is 4.65. The van der Waals surface area contributed by atoms with Crippen molar-refractivity contribution in [1.82, 2.24) is 5.32 Å². The summed E-state index contributed by atoms with van der Waals surface area (Å²) in [5.74, 6) is 0.557. The number of hydrogen-bond donors (Lipinski definition) is 2. The molecule has 0 spiro atoms. The van der Waals surface area contributed by atoms with Gasteiger partial charge in [-0.05, 0) is 43.1 Å². The van der Waals surface area contributed by atoms with Crippen LogP contribution >= 0.6 is 15.9 Å². The molecule has 2 N–H and O–H groups in total. The zero-order valence-corrected chi connectivity index (χ0v) is 12.6. The van der Waals surface area contributed by atoms with E-state index in [-0.39, 0.29) is 12.6 Å². The molecule has 1 aliphatic heterocycles. The van der Waals surface area contributed by atoms with Gasteiger partial charge < -0.3 is 15.3 Å². The summed E-state index contributed by atoms with van der Waals surface area (Å²) in [5, 5.41) is 12.8. The van der Waals surface area contributed by atoms with E-state index in [1.165, 1.54) is 11.3 Å². The van der Waals surface area contributed by atoms with Gasteiger partial charge in [-0.25, -0.2) is 0 Å². The van der Waals surface area contributed by atoms with Crippen LogP contribution in [0, 0.1) is 5.92 Å². The minimum Gasteiger partial charge on any atom is -0.394 e. The van der Waals surface area contributed by atoms with E-state index in [1.54, 1.807) is 0 Å². The third kappa shape index (κ3) is 2.71. The van der Waals surface area contributed by atoms with Gasteiger partial charge in [0.05, 0.1) is 12.6 Å². The molecule has 4 heteroatoms. The van der Waals surface area contributed by atoms with E-state index >= 15 is 0 Å². The second-order valence-corrected chi connectivity index (χ2v) is 5.93. The summed E-state index contributed by atoms with van der Waals surface area (Å²) >= 11 is 3.52. The van der Waals surface area contributed by atoms with Gasteiger partial charge in [-0.3, -0.25) is 0 Å². The maximum Gasteiger partial charge on any atom is 0.0637 e. The van der Waals surface area contributed by atoms with Gasteiger partial charge in [0.1, 0.15) is 0 Å². The summed E-state index contributed by atoms with van der Waals surface area (Å²) in [7, 11) is 1.96. The molecular formula is C14H21BrN2O. The van der Waals surface area contributed by atoms with Gasteiger partial charge in [0.15, 0.2) is 0 Å². The molecule has 0 aromatic heterocycles. The average molecular weight is 313 g/mol. The Morgan fingerprint density at radius 1 is 1.50 bits per heavy atom. The molecule has 1 saturated heterocycles. The fourth-order valence-corrected chi connectivity index (χ4v) is 3.16. The Bertz CT molecular complexity index is 411. The van der Waals surface area contributed by atoms with Gasteiger partial charge in [-0.2, -0.15) is 0 Å². The first kappa shape index (κ1) is 13.8. The summed E-state index contributed by atoms with van der Waals surface area (Å²) in [6.45, 7) is 4.33. The molecule has 18 heavy (non-hydrogen) atoms. The van der Waals surface area contributed by atoms with Crippen LogP contribution in [0.3, 0.4) is 0 Å². The molecule has 2 atom stereocenters. The molecule has 2 rings (SSSR count). The Labute approximate surface area is 117 Å². The van der Waals surface area contributed by atoms with Crippen LogP contribution in [-0.2, 0) is 6.54 Å². The average Bonchev–Trinajstić information content (AvgIpc) is 2.71. The molecule has 1 aromatic carbocycles. The highest BCUT2D eigenvalue weighted by atomic mass is 79.9. The number of aliphatic hydroxyl groups is 1. The number of hydrogen-bond acceptors (Lipinski definition) is 3. The van der Waals surface area contributed by atoms with Crippen molar-refractivity contribution in [3.8, 4) is 0 Å². The van der Waals surface area contributed by atoms with Crippen molar-refractivity contribution in [2.24, 2.45) is 5.92 Å². The molecule has 1 fully saturated rings. The highest BCUT2D eigenvalue weighted by molar-refractivity contribution is 9.10. The predicted octanol–water partition coefficient (Wildman–Crippen LogP) is 2.38. The molecule has 0 bridgehead atoms. The summed E-state index contributed by atoms with van der Waals surface area (Å²) in [6.07, 6.45) is 1.15. The quantitative estimate of drug-likeness (QED) is 0.896. The van der Waals surface area contributed by atoms with Crippen molar-refractivity contribution in [1.29, 1.82) is 0 Å². The number of rotatable bonds is 4. The normalized spacial score (nSPS) is 23.7. The van der Waals surface area contributed by atoms with Crippen molar-refractivity contribution in [3.63, 3.8) is 0 Å². The largest absolute Gasteiger partial charge is 0.394 e. The van der Waals surface area contributed by atoms with Crippen molar-refractivity contribution in [2.75, 3.05) is 25.1 Å². The third-order valence-electron chi connectivity index (χ3n) is 3.79. The van der Waals surface area contributed by atoms with Crippen LogP contribution < -0.4 is 10.2 Å². The second-order valence-electron chi connectivity index (χ2n) is 5.01. The Balaban J connectivity index is 2.32. The Morgan fingerprint density at radius 2 is 2.28 bits per heavy atom. The smallest absolute Gasteiger partial charge is 0.0637 e. The fraction of sp³-hybridized carbons (Fsp3) is 0.571. The lowest BCUT2D eigenvalue weighted by molar-refractivity contribution is 0.244. The highest BCUT2D eigenvalue weighted by Crippen LogP contribution is 2.33. The minimum absolute atomic E-state index is 0.232. The maximum absolute atomic E-state index is 9.58. The van der Waals surface area contributed by atoms with Crippen molar-refractivity contribution in [3.05, 3.63) is 28.2 Å². The van der Waals surface area contributed by atoms with Gasteiger partial charge in [0.25, 0.3) is 0 Å². The van der Waals surface area contributed by atoms with Crippen molar-refractivity contribution in [2.45, 2.75) is 25.9 Å². The van der Waals surface area contributed by atoms with E-state index in [0.717, 1.165) is 24.0 Å².